The van der Waals surface area contributed by atoms with E-state index in [4.69, 9.17) is 27.9 Å². The summed E-state index contributed by atoms with van der Waals surface area (Å²) in [6.45, 7) is 0.219. The van der Waals surface area contributed by atoms with Crippen LogP contribution < -0.4 is 0 Å². The molecule has 1 N–H and O–H groups in total. The number of rotatable bonds is 2. The van der Waals surface area contributed by atoms with E-state index in [1.54, 1.807) is 18.5 Å². The number of halogens is 2. The summed E-state index contributed by atoms with van der Waals surface area (Å²) in [6.07, 6.45) is 1.83. The molecule has 1 atom stereocenters. The van der Waals surface area contributed by atoms with Crippen LogP contribution in [0.15, 0.2) is 24.5 Å². The standard InChI is InChI=1S/C15H13Cl2N3O3/c1-23-15(22)13-5-11-12(19-7-18-11)6-20(13)14(21)9-4-8(16)2-3-10(9)17/h2-4,7,13H,5-6H2,1H3,(H,18,19). The van der Waals surface area contributed by atoms with Crippen LogP contribution in [0.3, 0.4) is 0 Å². The number of carbonyl (C=O) groups excluding carboxylic acids is 2. The quantitative estimate of drug-likeness (QED) is 0.841. The molecule has 6 nitrogen and oxygen atoms in total. The van der Waals surface area contributed by atoms with Crippen molar-refractivity contribution in [3.05, 3.63) is 51.5 Å². The van der Waals surface area contributed by atoms with E-state index in [1.807, 2.05) is 0 Å². The number of hydrogen-bond acceptors (Lipinski definition) is 4. The van der Waals surface area contributed by atoms with Gasteiger partial charge in [-0.1, -0.05) is 23.2 Å². The molecule has 1 unspecified atom stereocenters. The number of fused-ring (bicyclic) bond motifs is 1. The zero-order valence-corrected chi connectivity index (χ0v) is 13.7. The Bertz CT molecular complexity index is 775. The summed E-state index contributed by atoms with van der Waals surface area (Å²) in [4.78, 5) is 33.5. The van der Waals surface area contributed by atoms with Crippen molar-refractivity contribution < 1.29 is 14.3 Å². The van der Waals surface area contributed by atoms with Crippen molar-refractivity contribution in [1.82, 2.24) is 14.9 Å². The van der Waals surface area contributed by atoms with Crippen LogP contribution in [0, 0.1) is 0 Å². The first-order valence-electron chi connectivity index (χ1n) is 6.86. The highest BCUT2D eigenvalue weighted by Crippen LogP contribution is 2.27. The summed E-state index contributed by atoms with van der Waals surface area (Å²) in [7, 11) is 1.29. The van der Waals surface area contributed by atoms with Gasteiger partial charge in [-0.2, -0.15) is 0 Å². The second kappa shape index (κ2) is 6.22. The lowest BCUT2D eigenvalue weighted by Gasteiger charge is -2.33. The number of hydrogen-bond donors (Lipinski definition) is 1. The minimum absolute atomic E-state index is 0.219. The van der Waals surface area contributed by atoms with Crippen LogP contribution in [0.25, 0.3) is 0 Å². The van der Waals surface area contributed by atoms with Crippen LogP contribution >= 0.6 is 23.2 Å². The normalized spacial score (nSPS) is 16.8. The third kappa shape index (κ3) is 2.92. The number of benzene rings is 1. The summed E-state index contributed by atoms with van der Waals surface area (Å²) in [6, 6.07) is 3.89. The minimum Gasteiger partial charge on any atom is -0.467 e. The molecule has 1 aromatic heterocycles. The van der Waals surface area contributed by atoms with Crippen molar-refractivity contribution >= 4 is 35.1 Å². The average Bonchev–Trinajstić information content (AvgIpc) is 3.01. The Morgan fingerprint density at radius 3 is 2.91 bits per heavy atom. The molecule has 0 radical (unpaired) electrons. The van der Waals surface area contributed by atoms with Gasteiger partial charge < -0.3 is 14.6 Å². The molecule has 0 saturated heterocycles. The maximum Gasteiger partial charge on any atom is 0.329 e. The number of aromatic nitrogens is 2. The highest BCUT2D eigenvalue weighted by molar-refractivity contribution is 6.35. The van der Waals surface area contributed by atoms with Gasteiger partial charge in [0.15, 0.2) is 0 Å². The number of amides is 1. The molecule has 8 heteroatoms. The number of nitrogens with zero attached hydrogens (tertiary/aromatic N) is 2. The number of esters is 1. The van der Waals surface area contributed by atoms with Gasteiger partial charge >= 0.3 is 5.97 Å². The summed E-state index contributed by atoms with van der Waals surface area (Å²) in [5, 5.41) is 0.671. The van der Waals surface area contributed by atoms with Gasteiger partial charge in [-0.05, 0) is 18.2 Å². The zero-order chi connectivity index (χ0) is 16.6. The van der Waals surface area contributed by atoms with Crippen LogP contribution in [-0.4, -0.2) is 39.9 Å². The van der Waals surface area contributed by atoms with Crippen molar-refractivity contribution in [2.45, 2.75) is 19.0 Å². The molecule has 1 amide bonds. The Morgan fingerprint density at radius 1 is 1.39 bits per heavy atom. The fraction of sp³-hybridized carbons (Fsp3) is 0.267. The lowest BCUT2D eigenvalue weighted by molar-refractivity contribution is -0.146. The van der Waals surface area contributed by atoms with Crippen LogP contribution in [0.2, 0.25) is 10.0 Å². The molecule has 0 saturated carbocycles. The van der Waals surface area contributed by atoms with Crippen molar-refractivity contribution in [2.24, 2.45) is 0 Å². The molecule has 0 aliphatic carbocycles. The van der Waals surface area contributed by atoms with Crippen molar-refractivity contribution in [1.29, 1.82) is 0 Å². The SMILES string of the molecule is COC(=O)C1Cc2nc[nH]c2CN1C(=O)c1cc(Cl)ccc1Cl. The summed E-state index contributed by atoms with van der Waals surface area (Å²) in [5.41, 5.74) is 1.79. The van der Waals surface area contributed by atoms with Gasteiger partial charge in [0.2, 0.25) is 0 Å². The summed E-state index contributed by atoms with van der Waals surface area (Å²) in [5.74, 6) is -0.877. The van der Waals surface area contributed by atoms with Crippen LogP contribution in [0.5, 0.6) is 0 Å². The van der Waals surface area contributed by atoms with Gasteiger partial charge in [0.1, 0.15) is 6.04 Å². The zero-order valence-electron chi connectivity index (χ0n) is 12.2. The molecule has 2 heterocycles. The lowest BCUT2D eigenvalue weighted by Crippen LogP contribution is -2.49. The van der Waals surface area contributed by atoms with Gasteiger partial charge in [-0.15, -0.1) is 0 Å². The van der Waals surface area contributed by atoms with Crippen LogP contribution in [0.1, 0.15) is 21.7 Å². The summed E-state index contributed by atoms with van der Waals surface area (Å²) >= 11 is 12.1. The predicted octanol–water partition coefficient (Wildman–Crippen LogP) is 2.46. The smallest absolute Gasteiger partial charge is 0.329 e. The van der Waals surface area contributed by atoms with E-state index in [1.165, 1.54) is 18.1 Å². The van der Waals surface area contributed by atoms with E-state index in [2.05, 4.69) is 9.97 Å². The molecular formula is C15H13Cl2N3O3. The Kier molecular flexibility index (Phi) is 4.28. The second-order valence-corrected chi connectivity index (χ2v) is 5.97. The highest BCUT2D eigenvalue weighted by Gasteiger charge is 2.37. The Labute approximate surface area is 142 Å². The van der Waals surface area contributed by atoms with Gasteiger partial charge in [-0.3, -0.25) is 4.79 Å². The number of carbonyl (C=O) groups is 2. The largest absolute Gasteiger partial charge is 0.467 e. The first-order chi connectivity index (χ1) is 11.0. The molecule has 23 heavy (non-hydrogen) atoms. The molecule has 1 aliphatic rings. The molecule has 1 aromatic carbocycles. The van der Waals surface area contributed by atoms with E-state index in [0.717, 1.165) is 11.4 Å². The maximum absolute atomic E-state index is 12.9. The topological polar surface area (TPSA) is 75.3 Å². The lowest BCUT2D eigenvalue weighted by atomic mass is 10.0. The average molecular weight is 354 g/mol. The number of methoxy groups -OCH3 is 1. The monoisotopic (exact) mass is 353 g/mol. The number of nitrogens with one attached hydrogen (secondary N) is 1. The molecule has 0 fully saturated rings. The molecule has 0 bridgehead atoms. The highest BCUT2D eigenvalue weighted by atomic mass is 35.5. The third-order valence-corrected chi connectivity index (χ3v) is 4.36. The van der Waals surface area contributed by atoms with Crippen molar-refractivity contribution in [2.75, 3.05) is 7.11 Å². The predicted molar refractivity (Wildman–Crippen MR) is 84.4 cm³/mol. The van der Waals surface area contributed by atoms with Crippen LogP contribution in [0.4, 0.5) is 0 Å². The molecule has 2 aromatic rings. The van der Waals surface area contributed by atoms with Gasteiger partial charge in [0, 0.05) is 11.4 Å². The van der Waals surface area contributed by atoms with Gasteiger partial charge in [-0.25, -0.2) is 9.78 Å². The first-order valence-corrected chi connectivity index (χ1v) is 7.62. The fourth-order valence-corrected chi connectivity index (χ4v) is 2.98. The maximum atomic E-state index is 12.9. The second-order valence-electron chi connectivity index (χ2n) is 5.13. The fourth-order valence-electron chi connectivity index (χ4n) is 2.61. The van der Waals surface area contributed by atoms with Gasteiger partial charge in [0.05, 0.1) is 42.0 Å². The molecule has 3 rings (SSSR count). The number of H-pyrrole nitrogens is 1. The Morgan fingerprint density at radius 2 is 2.17 bits per heavy atom. The van der Waals surface area contributed by atoms with E-state index in [0.29, 0.717) is 5.02 Å². The number of ether oxygens (including phenoxy) is 1. The molecule has 1 aliphatic heterocycles. The van der Waals surface area contributed by atoms with Crippen molar-refractivity contribution in [3.8, 4) is 0 Å². The third-order valence-electron chi connectivity index (χ3n) is 3.79. The van der Waals surface area contributed by atoms with Crippen LogP contribution in [-0.2, 0) is 22.5 Å². The van der Waals surface area contributed by atoms with E-state index >= 15 is 0 Å². The van der Waals surface area contributed by atoms with Crippen molar-refractivity contribution in [3.63, 3.8) is 0 Å². The van der Waals surface area contributed by atoms with E-state index < -0.39 is 12.0 Å². The Hall–Kier alpha value is -2.05. The molecule has 120 valence electrons. The van der Waals surface area contributed by atoms with Gasteiger partial charge in [0.25, 0.3) is 5.91 Å². The first kappa shape index (κ1) is 15.8. The Balaban J connectivity index is 1.99. The van der Waals surface area contributed by atoms with E-state index in [-0.39, 0.29) is 29.5 Å². The number of imidazole rings is 1. The van der Waals surface area contributed by atoms with E-state index in [9.17, 15) is 9.59 Å². The molecular weight excluding hydrogens is 341 g/mol. The summed E-state index contributed by atoms with van der Waals surface area (Å²) < 4.78 is 4.82. The minimum atomic E-state index is -0.752. The number of aromatic amines is 1. The molecule has 0 spiro atoms.